The van der Waals surface area contributed by atoms with Gasteiger partial charge in [0, 0.05) is 0 Å². The van der Waals surface area contributed by atoms with Crippen molar-refractivity contribution in [3.05, 3.63) is 60.2 Å². The van der Waals surface area contributed by atoms with Gasteiger partial charge in [0.15, 0.2) is 5.66 Å². The van der Waals surface area contributed by atoms with Gasteiger partial charge in [-0.15, -0.1) is 0 Å². The molecule has 2 aromatic rings. The quantitative estimate of drug-likeness (QED) is 0.420. The molecular weight excluding hydrogens is 351 g/mol. The molecule has 0 aliphatic carbocycles. The van der Waals surface area contributed by atoms with Crippen LogP contribution in [0, 0.1) is 0 Å². The predicted octanol–water partition coefficient (Wildman–Crippen LogP) is 4.48. The number of carbonyl (C=O) groups is 1. The lowest BCUT2D eigenvalue weighted by Gasteiger charge is -2.13. The van der Waals surface area contributed by atoms with Gasteiger partial charge in [-0.2, -0.15) is 0 Å². The lowest BCUT2D eigenvalue weighted by Crippen LogP contribution is -2.20. The summed E-state index contributed by atoms with van der Waals surface area (Å²) in [6.45, 7) is 0. The minimum atomic E-state index is -4.57. The topological polar surface area (TPSA) is 94.8 Å². The molecule has 0 aliphatic heterocycles. The van der Waals surface area contributed by atoms with Crippen molar-refractivity contribution >= 4 is 13.6 Å². The van der Waals surface area contributed by atoms with Crippen molar-refractivity contribution in [1.29, 1.82) is 0 Å². The standard InChI is InChI=1S/C20H25O5P/c21-20(22)19(26(23,24)25)11-7-2-1-4-8-16-12-14-18(15-13-16)17-9-5-3-6-10-17/h3,5-6,9-10,12-15,19H,1-2,4,7-8,11H2,(H,21,22)(H2,23,24,25). The maximum absolute atomic E-state index is 11.1. The Morgan fingerprint density at radius 1 is 0.846 bits per heavy atom. The second kappa shape index (κ2) is 9.67. The summed E-state index contributed by atoms with van der Waals surface area (Å²) < 4.78 is 11.1. The highest BCUT2D eigenvalue weighted by Gasteiger charge is 2.34. The number of carboxylic acid groups (broad SMARTS) is 1. The van der Waals surface area contributed by atoms with Crippen LogP contribution in [0.3, 0.4) is 0 Å². The molecule has 0 amide bonds. The number of unbranched alkanes of at least 4 members (excludes halogenated alkanes) is 3. The minimum Gasteiger partial charge on any atom is -0.481 e. The van der Waals surface area contributed by atoms with E-state index >= 15 is 0 Å². The van der Waals surface area contributed by atoms with E-state index in [4.69, 9.17) is 14.9 Å². The Morgan fingerprint density at radius 3 is 2.00 bits per heavy atom. The maximum Gasteiger partial charge on any atom is 0.339 e. The van der Waals surface area contributed by atoms with Crippen LogP contribution in [0.15, 0.2) is 54.6 Å². The zero-order chi connectivity index (χ0) is 19.0. The SMILES string of the molecule is O=C(O)C(CCCCCCc1ccc(-c2ccccc2)cc1)P(=O)(O)O. The average Bonchev–Trinajstić information content (AvgIpc) is 2.61. The van der Waals surface area contributed by atoms with Gasteiger partial charge < -0.3 is 14.9 Å². The van der Waals surface area contributed by atoms with Crippen molar-refractivity contribution in [3.63, 3.8) is 0 Å². The highest BCUT2D eigenvalue weighted by Crippen LogP contribution is 2.43. The van der Waals surface area contributed by atoms with Crippen LogP contribution in [0.1, 0.15) is 37.7 Å². The normalized spacial score (nSPS) is 12.7. The zero-order valence-electron chi connectivity index (χ0n) is 14.6. The summed E-state index contributed by atoms with van der Waals surface area (Å²) in [7, 11) is -4.57. The Morgan fingerprint density at radius 2 is 1.42 bits per heavy atom. The summed E-state index contributed by atoms with van der Waals surface area (Å²) in [6.07, 6.45) is 4.12. The number of aryl methyl sites for hydroxylation is 1. The lowest BCUT2D eigenvalue weighted by molar-refractivity contribution is -0.137. The molecule has 0 fully saturated rings. The second-order valence-corrected chi connectivity index (χ2v) is 8.26. The predicted molar refractivity (Wildman–Crippen MR) is 102 cm³/mol. The van der Waals surface area contributed by atoms with E-state index < -0.39 is 19.2 Å². The first kappa shape index (κ1) is 20.4. The molecule has 0 aliphatic rings. The number of hydrogen-bond donors (Lipinski definition) is 3. The molecule has 0 saturated heterocycles. The number of aliphatic carboxylic acids is 1. The lowest BCUT2D eigenvalue weighted by atomic mass is 10.0. The molecule has 6 heteroatoms. The summed E-state index contributed by atoms with van der Waals surface area (Å²) in [5.74, 6) is -1.42. The average molecular weight is 376 g/mol. The van der Waals surface area contributed by atoms with Crippen molar-refractivity contribution in [2.75, 3.05) is 0 Å². The van der Waals surface area contributed by atoms with Crippen LogP contribution in [-0.4, -0.2) is 26.5 Å². The van der Waals surface area contributed by atoms with Crippen molar-refractivity contribution in [3.8, 4) is 11.1 Å². The molecule has 0 heterocycles. The summed E-state index contributed by atoms with van der Waals surface area (Å²) >= 11 is 0. The molecular formula is C20H25O5P. The molecule has 2 aromatic carbocycles. The van der Waals surface area contributed by atoms with Gasteiger partial charge in [-0.3, -0.25) is 9.36 Å². The smallest absolute Gasteiger partial charge is 0.339 e. The van der Waals surface area contributed by atoms with Gasteiger partial charge in [-0.1, -0.05) is 73.9 Å². The molecule has 1 atom stereocenters. The summed E-state index contributed by atoms with van der Waals surface area (Å²) in [5.41, 5.74) is 2.06. The summed E-state index contributed by atoms with van der Waals surface area (Å²) in [6, 6.07) is 18.7. The third-order valence-electron chi connectivity index (χ3n) is 4.45. The van der Waals surface area contributed by atoms with E-state index in [1.807, 2.05) is 18.2 Å². The fourth-order valence-electron chi connectivity index (χ4n) is 2.95. The van der Waals surface area contributed by atoms with E-state index in [1.54, 1.807) is 0 Å². The zero-order valence-corrected chi connectivity index (χ0v) is 15.5. The molecule has 1 unspecified atom stereocenters. The van der Waals surface area contributed by atoms with Gasteiger partial charge in [0.1, 0.15) is 0 Å². The molecule has 5 nitrogen and oxygen atoms in total. The van der Waals surface area contributed by atoms with E-state index in [0.717, 1.165) is 25.7 Å². The Balaban J connectivity index is 1.70. The minimum absolute atomic E-state index is 0.0192. The van der Waals surface area contributed by atoms with E-state index in [2.05, 4.69) is 36.4 Å². The monoisotopic (exact) mass is 376 g/mol. The first-order valence-electron chi connectivity index (χ1n) is 8.80. The Hall–Kier alpha value is -1.94. The number of benzene rings is 2. The summed E-state index contributed by atoms with van der Waals surface area (Å²) in [5, 5.41) is 8.87. The van der Waals surface area contributed by atoms with Gasteiger partial charge in [-0.05, 0) is 36.0 Å². The molecule has 0 radical (unpaired) electrons. The van der Waals surface area contributed by atoms with Gasteiger partial charge in [0.2, 0.25) is 0 Å². The van der Waals surface area contributed by atoms with Crippen LogP contribution in [0.4, 0.5) is 0 Å². The van der Waals surface area contributed by atoms with Crippen LogP contribution in [0.5, 0.6) is 0 Å². The molecule has 0 aromatic heterocycles. The fraction of sp³-hybridized carbons (Fsp3) is 0.350. The van der Waals surface area contributed by atoms with E-state index in [0.29, 0.717) is 6.42 Å². The van der Waals surface area contributed by atoms with Crippen LogP contribution in [0.2, 0.25) is 0 Å². The molecule has 3 N–H and O–H groups in total. The maximum atomic E-state index is 11.1. The Bertz CT molecular complexity index is 737. The van der Waals surface area contributed by atoms with Crippen LogP contribution in [0.25, 0.3) is 11.1 Å². The van der Waals surface area contributed by atoms with Crippen LogP contribution >= 0.6 is 7.60 Å². The summed E-state index contributed by atoms with van der Waals surface area (Å²) in [4.78, 5) is 29.0. The Kier molecular flexibility index (Phi) is 7.58. The first-order valence-corrected chi connectivity index (χ1v) is 10.5. The van der Waals surface area contributed by atoms with Crippen LogP contribution in [-0.2, 0) is 15.8 Å². The molecule has 2 rings (SSSR count). The third-order valence-corrected chi connectivity index (χ3v) is 5.74. The third kappa shape index (κ3) is 6.41. The van der Waals surface area contributed by atoms with Gasteiger partial charge in [-0.25, -0.2) is 0 Å². The number of carboxylic acids is 1. The number of hydrogen-bond acceptors (Lipinski definition) is 2. The molecule has 26 heavy (non-hydrogen) atoms. The van der Waals surface area contributed by atoms with Gasteiger partial charge in [0.25, 0.3) is 0 Å². The second-order valence-electron chi connectivity index (χ2n) is 6.46. The van der Waals surface area contributed by atoms with Crippen molar-refractivity contribution < 1.29 is 24.3 Å². The van der Waals surface area contributed by atoms with Crippen LogP contribution < -0.4 is 0 Å². The van der Waals surface area contributed by atoms with Gasteiger partial charge in [0.05, 0.1) is 0 Å². The molecule has 0 saturated carbocycles. The first-order chi connectivity index (χ1) is 12.4. The van der Waals surface area contributed by atoms with E-state index in [9.17, 15) is 9.36 Å². The highest BCUT2D eigenvalue weighted by molar-refractivity contribution is 7.53. The molecule has 0 bridgehead atoms. The van der Waals surface area contributed by atoms with Crippen molar-refractivity contribution in [2.24, 2.45) is 0 Å². The van der Waals surface area contributed by atoms with E-state index in [1.165, 1.54) is 16.7 Å². The molecule has 140 valence electrons. The van der Waals surface area contributed by atoms with Gasteiger partial charge >= 0.3 is 13.6 Å². The van der Waals surface area contributed by atoms with Crippen molar-refractivity contribution in [1.82, 2.24) is 0 Å². The molecule has 0 spiro atoms. The van der Waals surface area contributed by atoms with Crippen molar-refractivity contribution in [2.45, 2.75) is 44.2 Å². The highest BCUT2D eigenvalue weighted by atomic mass is 31.2. The fourth-order valence-corrected chi connectivity index (χ4v) is 3.76. The Labute approximate surface area is 153 Å². The number of rotatable bonds is 10. The largest absolute Gasteiger partial charge is 0.481 e. The van der Waals surface area contributed by atoms with E-state index in [-0.39, 0.29) is 6.42 Å².